The van der Waals surface area contributed by atoms with Crippen molar-refractivity contribution in [3.63, 3.8) is 0 Å². The molecule has 2 atom stereocenters. The maximum absolute atomic E-state index is 6.15. The summed E-state index contributed by atoms with van der Waals surface area (Å²) in [4.78, 5) is 0. The summed E-state index contributed by atoms with van der Waals surface area (Å²) in [6.45, 7) is 3.30. The molecule has 3 rings (SSSR count). The van der Waals surface area contributed by atoms with Gasteiger partial charge in [0.15, 0.2) is 0 Å². The van der Waals surface area contributed by atoms with E-state index in [1.54, 1.807) is 0 Å². The Morgan fingerprint density at radius 3 is 3.12 bits per heavy atom. The smallest absolute Gasteiger partial charge is 0.125 e. The minimum Gasteiger partial charge on any atom is -0.488 e. The van der Waals surface area contributed by atoms with Crippen molar-refractivity contribution in [2.45, 2.75) is 50.7 Å². The number of para-hydroxylation sites is 1. The molecule has 2 unspecified atom stereocenters. The van der Waals surface area contributed by atoms with Crippen LogP contribution >= 0.6 is 0 Å². The Labute approximate surface area is 103 Å². The summed E-state index contributed by atoms with van der Waals surface area (Å²) in [5, 5.41) is 3.78. The molecule has 1 saturated carbocycles. The molecule has 1 fully saturated rings. The van der Waals surface area contributed by atoms with E-state index in [9.17, 15) is 0 Å². The van der Waals surface area contributed by atoms with Crippen molar-refractivity contribution in [1.29, 1.82) is 0 Å². The van der Waals surface area contributed by atoms with Crippen LogP contribution in [0.1, 0.15) is 44.6 Å². The molecule has 1 aliphatic carbocycles. The Bertz CT molecular complexity index is 404. The lowest BCUT2D eigenvalue weighted by Crippen LogP contribution is -2.52. The molecule has 2 aliphatic rings. The van der Waals surface area contributed by atoms with Gasteiger partial charge in [-0.05, 0) is 38.3 Å². The molecule has 0 saturated heterocycles. The van der Waals surface area contributed by atoms with Crippen LogP contribution in [0.5, 0.6) is 5.75 Å². The highest BCUT2D eigenvalue weighted by molar-refractivity contribution is 5.45. The fourth-order valence-electron chi connectivity index (χ4n) is 3.35. The van der Waals surface area contributed by atoms with Crippen LogP contribution in [0, 0.1) is 0 Å². The largest absolute Gasteiger partial charge is 0.488 e. The van der Waals surface area contributed by atoms with E-state index in [1.165, 1.54) is 37.7 Å². The third kappa shape index (κ3) is 1.66. The van der Waals surface area contributed by atoms with Crippen LogP contribution in [0.2, 0.25) is 0 Å². The number of rotatable bonds is 3. The molecule has 0 amide bonds. The second kappa shape index (κ2) is 4.34. The first-order valence-electron chi connectivity index (χ1n) is 6.88. The highest BCUT2D eigenvalue weighted by atomic mass is 16.5. The first-order chi connectivity index (χ1) is 8.37. The molecule has 1 aromatic carbocycles. The van der Waals surface area contributed by atoms with Gasteiger partial charge in [-0.3, -0.25) is 0 Å². The second-order valence-corrected chi connectivity index (χ2v) is 5.25. The molecular formula is C15H21NO. The average Bonchev–Trinajstić information content (AvgIpc) is 2.71. The van der Waals surface area contributed by atoms with Crippen molar-refractivity contribution >= 4 is 0 Å². The number of benzene rings is 1. The van der Waals surface area contributed by atoms with Gasteiger partial charge in [-0.2, -0.15) is 0 Å². The van der Waals surface area contributed by atoms with Crippen LogP contribution in [-0.2, 0) is 5.54 Å². The lowest BCUT2D eigenvalue weighted by Gasteiger charge is -2.39. The van der Waals surface area contributed by atoms with Gasteiger partial charge >= 0.3 is 0 Å². The summed E-state index contributed by atoms with van der Waals surface area (Å²) in [6, 6.07) is 8.56. The summed E-state index contributed by atoms with van der Waals surface area (Å²) >= 11 is 0. The molecule has 0 aromatic heterocycles. The third-order valence-electron chi connectivity index (χ3n) is 4.16. The predicted octanol–water partition coefficient (Wildman–Crippen LogP) is 3.22. The zero-order valence-corrected chi connectivity index (χ0v) is 10.5. The number of nitrogens with one attached hydrogen (secondary N) is 1. The summed E-state index contributed by atoms with van der Waals surface area (Å²) in [5.41, 5.74) is 1.49. The van der Waals surface area contributed by atoms with Gasteiger partial charge < -0.3 is 10.1 Å². The Hall–Kier alpha value is -1.02. The Balaban J connectivity index is 1.99. The third-order valence-corrected chi connectivity index (χ3v) is 4.16. The van der Waals surface area contributed by atoms with E-state index < -0.39 is 0 Å². The van der Waals surface area contributed by atoms with Crippen LogP contribution in [0.25, 0.3) is 0 Å². The molecule has 2 nitrogen and oxygen atoms in total. The topological polar surface area (TPSA) is 21.3 Å². The van der Waals surface area contributed by atoms with Gasteiger partial charge in [-0.15, -0.1) is 0 Å². The van der Waals surface area contributed by atoms with Gasteiger partial charge in [-0.1, -0.05) is 31.5 Å². The molecule has 1 aliphatic heterocycles. The monoisotopic (exact) mass is 231 g/mol. The van der Waals surface area contributed by atoms with E-state index in [-0.39, 0.29) is 5.54 Å². The number of hydrogen-bond donors (Lipinski definition) is 1. The molecule has 0 bridgehead atoms. The minimum absolute atomic E-state index is 0.102. The van der Waals surface area contributed by atoms with Crippen LogP contribution in [0.4, 0.5) is 0 Å². The Morgan fingerprint density at radius 1 is 1.35 bits per heavy atom. The van der Waals surface area contributed by atoms with Gasteiger partial charge in [0.05, 0.1) is 5.54 Å². The standard InChI is InChI=1S/C15H21NO/c1-2-11-16-15-10-6-5-9-14(15)17-13-8-4-3-7-12(13)15/h3-4,7-8,14,16H,2,5-6,9-11H2,1H3. The number of fused-ring (bicyclic) bond motifs is 3. The molecule has 1 heterocycles. The fourth-order valence-corrected chi connectivity index (χ4v) is 3.35. The normalized spacial score (nSPS) is 30.5. The summed E-state index contributed by atoms with van der Waals surface area (Å²) in [6.07, 6.45) is 6.54. The maximum atomic E-state index is 6.15. The SMILES string of the molecule is CCCNC12CCCCC1Oc1ccccc12. The molecular weight excluding hydrogens is 210 g/mol. The zero-order chi connectivity index (χ0) is 11.7. The van der Waals surface area contributed by atoms with Gasteiger partial charge in [0.1, 0.15) is 11.9 Å². The second-order valence-electron chi connectivity index (χ2n) is 5.25. The average molecular weight is 231 g/mol. The van der Waals surface area contributed by atoms with E-state index in [0.717, 1.165) is 12.3 Å². The highest BCUT2D eigenvalue weighted by Gasteiger charge is 2.49. The molecule has 1 N–H and O–H groups in total. The highest BCUT2D eigenvalue weighted by Crippen LogP contribution is 2.48. The van der Waals surface area contributed by atoms with E-state index in [4.69, 9.17) is 4.74 Å². The molecule has 92 valence electrons. The summed E-state index contributed by atoms with van der Waals surface area (Å²) < 4.78 is 6.15. The van der Waals surface area contributed by atoms with E-state index in [1.807, 2.05) is 0 Å². The van der Waals surface area contributed by atoms with Crippen LogP contribution in [-0.4, -0.2) is 12.6 Å². The van der Waals surface area contributed by atoms with Crippen molar-refractivity contribution in [2.24, 2.45) is 0 Å². The Kier molecular flexibility index (Phi) is 2.83. The van der Waals surface area contributed by atoms with Crippen molar-refractivity contribution in [2.75, 3.05) is 6.54 Å². The fraction of sp³-hybridized carbons (Fsp3) is 0.600. The van der Waals surface area contributed by atoms with Gasteiger partial charge in [-0.25, -0.2) is 0 Å². The van der Waals surface area contributed by atoms with E-state index in [2.05, 4.69) is 36.5 Å². The summed E-state index contributed by atoms with van der Waals surface area (Å²) in [5.74, 6) is 1.10. The van der Waals surface area contributed by atoms with Crippen molar-refractivity contribution in [3.8, 4) is 5.75 Å². The van der Waals surface area contributed by atoms with Crippen LogP contribution in [0.15, 0.2) is 24.3 Å². The van der Waals surface area contributed by atoms with Gasteiger partial charge in [0.2, 0.25) is 0 Å². The van der Waals surface area contributed by atoms with Gasteiger partial charge in [0, 0.05) is 5.56 Å². The quantitative estimate of drug-likeness (QED) is 0.862. The zero-order valence-electron chi connectivity index (χ0n) is 10.5. The van der Waals surface area contributed by atoms with Crippen LogP contribution < -0.4 is 10.1 Å². The summed E-state index contributed by atoms with van der Waals surface area (Å²) in [7, 11) is 0. The van der Waals surface area contributed by atoms with Gasteiger partial charge in [0.25, 0.3) is 0 Å². The van der Waals surface area contributed by atoms with Crippen molar-refractivity contribution in [3.05, 3.63) is 29.8 Å². The first kappa shape index (κ1) is 11.1. The van der Waals surface area contributed by atoms with Crippen LogP contribution in [0.3, 0.4) is 0 Å². The first-order valence-corrected chi connectivity index (χ1v) is 6.88. The lowest BCUT2D eigenvalue weighted by molar-refractivity contribution is 0.0759. The van der Waals surface area contributed by atoms with Crippen molar-refractivity contribution < 1.29 is 4.74 Å². The van der Waals surface area contributed by atoms with Crippen molar-refractivity contribution in [1.82, 2.24) is 5.32 Å². The van der Waals surface area contributed by atoms with E-state index >= 15 is 0 Å². The van der Waals surface area contributed by atoms with E-state index in [0.29, 0.717) is 6.10 Å². The maximum Gasteiger partial charge on any atom is 0.125 e. The molecule has 1 aromatic rings. The minimum atomic E-state index is 0.102. The molecule has 17 heavy (non-hydrogen) atoms. The molecule has 0 spiro atoms. The molecule has 2 heteroatoms. The number of ether oxygens (including phenoxy) is 1. The Morgan fingerprint density at radius 2 is 2.24 bits per heavy atom. The molecule has 0 radical (unpaired) electrons. The lowest BCUT2D eigenvalue weighted by atomic mass is 9.75. The predicted molar refractivity (Wildman–Crippen MR) is 69.3 cm³/mol. The number of hydrogen-bond acceptors (Lipinski definition) is 2.